The number of amides is 1. The Kier molecular flexibility index (Phi) is 6.12. The second-order valence-electron chi connectivity index (χ2n) is 6.76. The van der Waals surface area contributed by atoms with Crippen LogP contribution in [0.4, 0.5) is 18.9 Å². The third-order valence-electron chi connectivity index (χ3n) is 4.57. The third-order valence-corrected chi connectivity index (χ3v) is 4.57. The summed E-state index contributed by atoms with van der Waals surface area (Å²) in [6, 6.07) is 14.3. The molecule has 30 heavy (non-hydrogen) atoms. The Hall–Kier alpha value is -3.33. The first-order chi connectivity index (χ1) is 14.2. The zero-order chi connectivity index (χ0) is 21.9. The van der Waals surface area contributed by atoms with E-state index in [0.29, 0.717) is 17.0 Å². The fourth-order valence-electron chi connectivity index (χ4n) is 3.16. The number of carbonyl (C=O) groups is 1. The topological polar surface area (TPSA) is 66.0 Å². The fourth-order valence-corrected chi connectivity index (χ4v) is 3.16. The molecule has 0 radical (unpaired) electrons. The van der Waals surface area contributed by atoms with Crippen LogP contribution in [0.25, 0.3) is 11.1 Å². The zero-order valence-corrected chi connectivity index (χ0v) is 16.7. The Balaban J connectivity index is 1.89. The van der Waals surface area contributed by atoms with E-state index in [2.05, 4.69) is 15.9 Å². The summed E-state index contributed by atoms with van der Waals surface area (Å²) in [5.41, 5.74) is 4.26. The van der Waals surface area contributed by atoms with E-state index in [9.17, 15) is 18.0 Å². The van der Waals surface area contributed by atoms with Crippen molar-refractivity contribution in [3.63, 3.8) is 0 Å². The number of nitrogens with zero attached hydrogens (tertiary/aromatic N) is 2. The van der Waals surface area contributed by atoms with Crippen molar-refractivity contribution in [2.24, 2.45) is 5.16 Å². The molecule has 1 heterocycles. The van der Waals surface area contributed by atoms with Crippen molar-refractivity contribution in [3.8, 4) is 11.1 Å². The largest absolute Gasteiger partial charge is 0.432 e. The van der Waals surface area contributed by atoms with Crippen LogP contribution in [-0.4, -0.2) is 43.5 Å². The summed E-state index contributed by atoms with van der Waals surface area (Å²) in [6.45, 7) is 1.65. The molecule has 0 bridgehead atoms. The molecule has 2 aromatic rings. The van der Waals surface area contributed by atoms with Crippen LogP contribution < -0.4 is 10.7 Å². The number of alkyl halides is 3. The SMILES string of the molecule is CO/N=C(\C)c1ccc(-c2ccccc2NC(=O)C2=C(C(F)(F)F)NN(C)C2)cc1. The van der Waals surface area contributed by atoms with Gasteiger partial charge in [0.1, 0.15) is 12.8 Å². The molecule has 0 atom stereocenters. The molecule has 0 aromatic heterocycles. The summed E-state index contributed by atoms with van der Waals surface area (Å²) in [6.07, 6.45) is -4.64. The van der Waals surface area contributed by atoms with E-state index in [0.717, 1.165) is 11.1 Å². The number of allylic oxidation sites excluding steroid dienone is 1. The van der Waals surface area contributed by atoms with Crippen molar-refractivity contribution in [3.05, 3.63) is 65.4 Å². The molecule has 1 aliphatic heterocycles. The van der Waals surface area contributed by atoms with Gasteiger partial charge in [0, 0.05) is 18.3 Å². The van der Waals surface area contributed by atoms with Crippen LogP contribution in [0.3, 0.4) is 0 Å². The molecule has 0 fully saturated rings. The van der Waals surface area contributed by atoms with Crippen LogP contribution in [0.1, 0.15) is 12.5 Å². The van der Waals surface area contributed by atoms with E-state index in [1.165, 1.54) is 19.2 Å². The summed E-state index contributed by atoms with van der Waals surface area (Å²) in [4.78, 5) is 17.4. The maximum absolute atomic E-state index is 13.2. The molecule has 2 aromatic carbocycles. The Labute approximate surface area is 172 Å². The number of benzene rings is 2. The normalized spacial score (nSPS) is 15.2. The average Bonchev–Trinajstić information content (AvgIpc) is 3.11. The van der Waals surface area contributed by atoms with Gasteiger partial charge in [-0.1, -0.05) is 47.6 Å². The lowest BCUT2D eigenvalue weighted by Gasteiger charge is -2.14. The number of hydrazine groups is 1. The van der Waals surface area contributed by atoms with Gasteiger partial charge < -0.3 is 15.6 Å². The zero-order valence-electron chi connectivity index (χ0n) is 16.7. The Bertz CT molecular complexity index is 998. The molecular formula is C21H21F3N4O2. The van der Waals surface area contributed by atoms with E-state index >= 15 is 0 Å². The summed E-state index contributed by atoms with van der Waals surface area (Å²) in [5, 5.41) is 7.72. The number of rotatable bonds is 5. The summed E-state index contributed by atoms with van der Waals surface area (Å²) >= 11 is 0. The number of anilines is 1. The first-order valence-corrected chi connectivity index (χ1v) is 9.07. The summed E-state index contributed by atoms with van der Waals surface area (Å²) < 4.78 is 39.7. The van der Waals surface area contributed by atoms with E-state index < -0.39 is 17.8 Å². The van der Waals surface area contributed by atoms with Crippen LogP contribution in [0.2, 0.25) is 0 Å². The maximum Gasteiger partial charge on any atom is 0.432 e. The van der Waals surface area contributed by atoms with Gasteiger partial charge in [-0.3, -0.25) is 4.79 Å². The quantitative estimate of drug-likeness (QED) is 0.571. The molecule has 0 spiro atoms. The Morgan fingerprint density at radius 2 is 1.83 bits per heavy atom. The number of hydrogen-bond acceptors (Lipinski definition) is 5. The van der Waals surface area contributed by atoms with Crippen LogP contribution in [-0.2, 0) is 9.63 Å². The monoisotopic (exact) mass is 418 g/mol. The molecule has 1 amide bonds. The predicted molar refractivity (Wildman–Crippen MR) is 109 cm³/mol. The molecule has 1 aliphatic rings. The van der Waals surface area contributed by atoms with Gasteiger partial charge in [0.05, 0.1) is 17.8 Å². The highest BCUT2D eigenvalue weighted by molar-refractivity contribution is 6.07. The molecule has 0 aliphatic carbocycles. The molecule has 6 nitrogen and oxygen atoms in total. The van der Waals surface area contributed by atoms with Gasteiger partial charge in [0.2, 0.25) is 0 Å². The minimum absolute atomic E-state index is 0.157. The summed E-state index contributed by atoms with van der Waals surface area (Å²) in [7, 11) is 2.91. The van der Waals surface area contributed by atoms with E-state index in [4.69, 9.17) is 4.84 Å². The van der Waals surface area contributed by atoms with Gasteiger partial charge in [-0.05, 0) is 24.1 Å². The Morgan fingerprint density at radius 1 is 1.17 bits per heavy atom. The highest BCUT2D eigenvalue weighted by Crippen LogP contribution is 2.32. The van der Waals surface area contributed by atoms with Gasteiger partial charge in [-0.25, -0.2) is 5.01 Å². The van der Waals surface area contributed by atoms with Crippen molar-refractivity contribution in [1.82, 2.24) is 10.4 Å². The van der Waals surface area contributed by atoms with Crippen molar-refractivity contribution in [2.75, 3.05) is 26.0 Å². The van der Waals surface area contributed by atoms with Gasteiger partial charge >= 0.3 is 6.18 Å². The van der Waals surface area contributed by atoms with Crippen molar-refractivity contribution >= 4 is 17.3 Å². The lowest BCUT2D eigenvalue weighted by Crippen LogP contribution is -2.32. The highest BCUT2D eigenvalue weighted by Gasteiger charge is 2.42. The number of nitrogens with one attached hydrogen (secondary N) is 2. The number of likely N-dealkylation sites (N-methyl/N-ethyl adjacent to an activating group) is 1. The van der Waals surface area contributed by atoms with E-state index in [1.807, 2.05) is 31.2 Å². The second kappa shape index (κ2) is 8.58. The molecule has 0 saturated carbocycles. The lowest BCUT2D eigenvalue weighted by atomic mass is 10.0. The van der Waals surface area contributed by atoms with Crippen LogP contribution in [0.5, 0.6) is 0 Å². The number of halogens is 3. The van der Waals surface area contributed by atoms with Crippen LogP contribution in [0.15, 0.2) is 65.0 Å². The first kappa shape index (κ1) is 21.4. The number of oxime groups is 1. The van der Waals surface area contributed by atoms with Crippen LogP contribution >= 0.6 is 0 Å². The van der Waals surface area contributed by atoms with Crippen molar-refractivity contribution in [2.45, 2.75) is 13.1 Å². The molecule has 0 saturated heterocycles. The van der Waals surface area contributed by atoms with Crippen molar-refractivity contribution in [1.29, 1.82) is 0 Å². The number of carbonyl (C=O) groups excluding carboxylic acids is 1. The van der Waals surface area contributed by atoms with E-state index in [1.54, 1.807) is 24.3 Å². The lowest BCUT2D eigenvalue weighted by molar-refractivity contribution is -0.115. The van der Waals surface area contributed by atoms with Gasteiger partial charge in [-0.2, -0.15) is 13.2 Å². The van der Waals surface area contributed by atoms with Crippen LogP contribution in [0, 0.1) is 0 Å². The maximum atomic E-state index is 13.2. The Morgan fingerprint density at radius 3 is 2.47 bits per heavy atom. The molecule has 2 N–H and O–H groups in total. The molecule has 0 unspecified atom stereocenters. The van der Waals surface area contributed by atoms with Crippen molar-refractivity contribution < 1.29 is 22.8 Å². The average molecular weight is 418 g/mol. The van der Waals surface area contributed by atoms with Gasteiger partial charge in [0.15, 0.2) is 0 Å². The van der Waals surface area contributed by atoms with Gasteiger partial charge in [0.25, 0.3) is 5.91 Å². The molecule has 3 rings (SSSR count). The molecule has 9 heteroatoms. The smallest absolute Gasteiger partial charge is 0.399 e. The second-order valence-corrected chi connectivity index (χ2v) is 6.76. The third kappa shape index (κ3) is 4.62. The standard InChI is InChI=1S/C21H21F3N4O2/c1-13(27-30-3)14-8-10-15(11-9-14)16-6-4-5-7-18(16)25-20(29)17-12-28(2)26-19(17)21(22,23)24/h4-11,26H,12H2,1-3H3,(H,25,29)/b27-13+. The van der Waals surface area contributed by atoms with E-state index in [-0.39, 0.29) is 12.1 Å². The van der Waals surface area contributed by atoms with Gasteiger partial charge in [-0.15, -0.1) is 0 Å². The molecule has 158 valence electrons. The number of hydrogen-bond donors (Lipinski definition) is 2. The minimum atomic E-state index is -4.64. The fraction of sp³-hybridized carbons (Fsp3) is 0.238. The summed E-state index contributed by atoms with van der Waals surface area (Å²) in [5.74, 6) is -0.800. The predicted octanol–water partition coefficient (Wildman–Crippen LogP) is 3.93. The minimum Gasteiger partial charge on any atom is -0.399 e. The first-order valence-electron chi connectivity index (χ1n) is 9.07. The highest BCUT2D eigenvalue weighted by atomic mass is 19.4. The molecular weight excluding hydrogens is 397 g/mol. The number of para-hydroxylation sites is 1.